The van der Waals surface area contributed by atoms with E-state index in [1.165, 1.54) is 59.5 Å². The van der Waals surface area contributed by atoms with Crippen LogP contribution < -0.4 is 10.0 Å². The maximum absolute atomic E-state index is 13.9. The molecule has 34 heavy (non-hydrogen) atoms. The number of anilines is 2. The van der Waals surface area contributed by atoms with E-state index in [0.29, 0.717) is 5.56 Å². The molecule has 0 aliphatic carbocycles. The van der Waals surface area contributed by atoms with Gasteiger partial charge in [-0.2, -0.15) is 5.10 Å². The van der Waals surface area contributed by atoms with E-state index < -0.39 is 27.6 Å². The second-order valence-electron chi connectivity index (χ2n) is 7.27. The average molecular weight is 504 g/mol. The van der Waals surface area contributed by atoms with Gasteiger partial charge in [0.05, 0.1) is 29.9 Å². The number of carbonyl (C=O) groups excluding carboxylic acids is 1. The highest BCUT2D eigenvalue weighted by Crippen LogP contribution is 2.27. The number of hydrogen-bond acceptors (Lipinski definition) is 5. The number of carbonyl (C=O) groups is 1. The van der Waals surface area contributed by atoms with E-state index in [1.54, 1.807) is 6.07 Å². The Morgan fingerprint density at radius 2 is 1.79 bits per heavy atom. The molecule has 0 atom stereocenters. The van der Waals surface area contributed by atoms with E-state index in [2.05, 4.69) is 20.1 Å². The minimum Gasteiger partial charge on any atom is -0.322 e. The van der Waals surface area contributed by atoms with Crippen LogP contribution in [0.4, 0.5) is 20.2 Å². The fraction of sp³-hybridized carbons (Fsp3) is 0.0455. The predicted octanol–water partition coefficient (Wildman–Crippen LogP) is 4.49. The molecule has 8 nitrogen and oxygen atoms in total. The smallest absolute Gasteiger partial charge is 0.258 e. The van der Waals surface area contributed by atoms with Crippen LogP contribution in [0.3, 0.4) is 0 Å². The number of rotatable bonds is 6. The lowest BCUT2D eigenvalue weighted by Crippen LogP contribution is -2.13. The van der Waals surface area contributed by atoms with Gasteiger partial charge in [0.1, 0.15) is 11.6 Å². The largest absolute Gasteiger partial charge is 0.322 e. The number of hydrogen-bond donors (Lipinski definition) is 2. The molecule has 0 saturated carbocycles. The highest BCUT2D eigenvalue weighted by atomic mass is 35.5. The molecule has 0 unspecified atom stereocenters. The molecule has 4 rings (SSSR count). The Hall–Kier alpha value is -3.83. The monoisotopic (exact) mass is 503 g/mol. The van der Waals surface area contributed by atoms with E-state index in [0.717, 1.165) is 12.5 Å². The van der Waals surface area contributed by atoms with Crippen molar-refractivity contribution in [1.82, 2.24) is 14.8 Å². The van der Waals surface area contributed by atoms with Gasteiger partial charge in [-0.15, -0.1) is 0 Å². The van der Waals surface area contributed by atoms with E-state index in [-0.39, 0.29) is 33.3 Å². The van der Waals surface area contributed by atoms with Gasteiger partial charge in [0.2, 0.25) is 10.0 Å². The number of nitrogens with zero attached hydrogens (tertiary/aromatic N) is 3. The van der Waals surface area contributed by atoms with Crippen LogP contribution in [0.1, 0.15) is 10.4 Å². The minimum atomic E-state index is -3.54. The van der Waals surface area contributed by atoms with Crippen molar-refractivity contribution in [2.75, 3.05) is 16.3 Å². The highest BCUT2D eigenvalue weighted by molar-refractivity contribution is 7.92. The topological polar surface area (TPSA) is 106 Å². The zero-order valence-corrected chi connectivity index (χ0v) is 19.0. The molecule has 4 aromatic rings. The lowest BCUT2D eigenvalue weighted by molar-refractivity contribution is 0.102. The van der Waals surface area contributed by atoms with E-state index in [9.17, 15) is 22.0 Å². The van der Waals surface area contributed by atoms with E-state index in [1.807, 2.05) is 0 Å². The molecule has 2 aromatic carbocycles. The Morgan fingerprint density at radius 1 is 1.03 bits per heavy atom. The molecule has 0 saturated heterocycles. The molecular formula is C22H16ClF2N5O3S. The number of halogens is 3. The standard InChI is InChI=1S/C22H16ClF2N5O3S/c1-34(32,33)29-19-7-15(23)6-18(9-19)28-22(31)14-10-27-30(12-14)21-20(8-17(25)11-26-21)13-3-2-4-16(24)5-13/h2-12,29H,1H3,(H,28,31). The predicted molar refractivity (Wildman–Crippen MR) is 125 cm³/mol. The third-order valence-electron chi connectivity index (χ3n) is 4.49. The summed E-state index contributed by atoms with van der Waals surface area (Å²) in [6, 6.07) is 11.0. The summed E-state index contributed by atoms with van der Waals surface area (Å²) < 4.78 is 54.1. The van der Waals surface area contributed by atoms with Gasteiger partial charge < -0.3 is 5.32 Å². The molecule has 0 fully saturated rings. The molecule has 0 bridgehead atoms. The quantitative estimate of drug-likeness (QED) is 0.403. The van der Waals surface area contributed by atoms with Crippen molar-refractivity contribution in [1.29, 1.82) is 0 Å². The number of benzene rings is 2. The van der Waals surface area contributed by atoms with Crippen LogP contribution in [0.5, 0.6) is 0 Å². The Bertz CT molecular complexity index is 1510. The van der Waals surface area contributed by atoms with Gasteiger partial charge in [0.15, 0.2) is 5.82 Å². The molecule has 174 valence electrons. The SMILES string of the molecule is CS(=O)(=O)Nc1cc(Cl)cc(NC(=O)c2cnn(-c3ncc(F)cc3-c3cccc(F)c3)c2)c1. The van der Waals surface area contributed by atoms with Crippen molar-refractivity contribution in [2.24, 2.45) is 0 Å². The zero-order chi connectivity index (χ0) is 24.5. The first kappa shape index (κ1) is 23.3. The number of pyridine rings is 1. The molecule has 2 aromatic heterocycles. The molecule has 12 heteroatoms. The first-order valence-corrected chi connectivity index (χ1v) is 11.9. The first-order valence-electron chi connectivity index (χ1n) is 9.64. The summed E-state index contributed by atoms with van der Waals surface area (Å²) in [5.41, 5.74) is 1.22. The number of sulfonamides is 1. The fourth-order valence-electron chi connectivity index (χ4n) is 3.18. The second-order valence-corrected chi connectivity index (χ2v) is 9.45. The van der Waals surface area contributed by atoms with E-state index in [4.69, 9.17) is 11.6 Å². The Morgan fingerprint density at radius 3 is 2.53 bits per heavy atom. The van der Waals surface area contributed by atoms with Gasteiger partial charge in [-0.3, -0.25) is 9.52 Å². The fourth-order valence-corrected chi connectivity index (χ4v) is 3.96. The van der Waals surface area contributed by atoms with Crippen LogP contribution in [0.2, 0.25) is 5.02 Å². The summed E-state index contributed by atoms with van der Waals surface area (Å²) in [6.45, 7) is 0. The third-order valence-corrected chi connectivity index (χ3v) is 5.31. The van der Waals surface area contributed by atoms with Crippen LogP contribution in [0.25, 0.3) is 16.9 Å². The maximum Gasteiger partial charge on any atom is 0.258 e. The van der Waals surface area contributed by atoms with Crippen LogP contribution >= 0.6 is 11.6 Å². The normalized spacial score (nSPS) is 11.3. The Balaban J connectivity index is 1.62. The Labute approximate surface area is 198 Å². The summed E-state index contributed by atoms with van der Waals surface area (Å²) in [4.78, 5) is 16.8. The molecule has 0 aliphatic rings. The van der Waals surface area contributed by atoms with Crippen molar-refractivity contribution in [2.45, 2.75) is 0 Å². The number of amides is 1. The summed E-state index contributed by atoms with van der Waals surface area (Å²) in [5.74, 6) is -1.49. The highest BCUT2D eigenvalue weighted by Gasteiger charge is 2.16. The molecule has 0 spiro atoms. The molecular weight excluding hydrogens is 488 g/mol. The summed E-state index contributed by atoms with van der Waals surface area (Å²) in [7, 11) is -3.54. The van der Waals surface area contributed by atoms with Crippen molar-refractivity contribution < 1.29 is 22.0 Å². The van der Waals surface area contributed by atoms with E-state index >= 15 is 0 Å². The van der Waals surface area contributed by atoms with Gasteiger partial charge in [0.25, 0.3) is 5.91 Å². The van der Waals surface area contributed by atoms with Gasteiger partial charge in [-0.25, -0.2) is 26.9 Å². The van der Waals surface area contributed by atoms with Crippen LogP contribution in [-0.2, 0) is 10.0 Å². The number of aromatic nitrogens is 3. The molecule has 2 heterocycles. The van der Waals surface area contributed by atoms with Gasteiger partial charge in [0, 0.05) is 22.5 Å². The van der Waals surface area contributed by atoms with Gasteiger partial charge >= 0.3 is 0 Å². The first-order chi connectivity index (χ1) is 16.1. The molecule has 2 N–H and O–H groups in total. The summed E-state index contributed by atoms with van der Waals surface area (Å²) >= 11 is 6.02. The van der Waals surface area contributed by atoms with Crippen LogP contribution in [0.15, 0.2) is 67.1 Å². The zero-order valence-electron chi connectivity index (χ0n) is 17.5. The number of nitrogens with one attached hydrogen (secondary N) is 2. The van der Waals surface area contributed by atoms with Gasteiger partial charge in [-0.1, -0.05) is 23.7 Å². The minimum absolute atomic E-state index is 0.133. The maximum atomic E-state index is 13.9. The average Bonchev–Trinajstić information content (AvgIpc) is 3.22. The van der Waals surface area contributed by atoms with Crippen molar-refractivity contribution in [3.8, 4) is 16.9 Å². The molecule has 0 aliphatic heterocycles. The van der Waals surface area contributed by atoms with Crippen molar-refractivity contribution in [3.63, 3.8) is 0 Å². The summed E-state index contributed by atoms with van der Waals surface area (Å²) in [5, 5.41) is 6.95. The molecule has 0 radical (unpaired) electrons. The van der Waals surface area contributed by atoms with Gasteiger partial charge in [-0.05, 0) is 42.0 Å². The van der Waals surface area contributed by atoms with Crippen LogP contribution in [-0.4, -0.2) is 35.3 Å². The van der Waals surface area contributed by atoms with Crippen LogP contribution in [0, 0.1) is 11.6 Å². The summed E-state index contributed by atoms with van der Waals surface area (Å²) in [6.07, 6.45) is 4.62. The van der Waals surface area contributed by atoms with Crippen molar-refractivity contribution >= 4 is 38.9 Å². The Kier molecular flexibility index (Phi) is 6.31. The second kappa shape index (κ2) is 9.20. The lowest BCUT2D eigenvalue weighted by Gasteiger charge is -2.10. The van der Waals surface area contributed by atoms with Crippen molar-refractivity contribution in [3.05, 3.63) is 89.3 Å². The lowest BCUT2D eigenvalue weighted by atomic mass is 10.1. The molecule has 1 amide bonds. The third kappa shape index (κ3) is 5.56.